The first-order valence-electron chi connectivity index (χ1n) is 11.8. The Morgan fingerprint density at radius 1 is 1.23 bits per heavy atom. The first kappa shape index (κ1) is 24.3. The Hall–Kier alpha value is -3.82. The Bertz CT molecular complexity index is 1150. The number of pyridine rings is 1. The summed E-state index contributed by atoms with van der Waals surface area (Å²) in [7, 11) is 0. The van der Waals surface area contributed by atoms with Crippen LogP contribution in [0.1, 0.15) is 36.4 Å². The number of aliphatic hydroxyl groups excluding tert-OH is 1. The molecule has 0 amide bonds. The zero-order valence-electron chi connectivity index (χ0n) is 19.5. The summed E-state index contributed by atoms with van der Waals surface area (Å²) < 4.78 is 6.79. The minimum absolute atomic E-state index is 0.0659. The lowest BCUT2D eigenvalue weighted by Crippen LogP contribution is -2.29. The van der Waals surface area contributed by atoms with Gasteiger partial charge in [-0.3, -0.25) is 20.5 Å². The molecule has 1 aromatic carbocycles. The van der Waals surface area contributed by atoms with Crippen LogP contribution in [0.2, 0.25) is 0 Å². The number of ether oxygens (including phenoxy) is 1. The molecule has 1 fully saturated rings. The molecule has 1 unspecified atom stereocenters. The highest BCUT2D eigenvalue weighted by molar-refractivity contribution is 5.79. The van der Waals surface area contributed by atoms with Gasteiger partial charge in [0.15, 0.2) is 12.3 Å². The van der Waals surface area contributed by atoms with Crippen molar-refractivity contribution in [3.8, 4) is 11.1 Å². The third kappa shape index (κ3) is 6.84. The van der Waals surface area contributed by atoms with Crippen LogP contribution in [0.5, 0.6) is 0 Å². The summed E-state index contributed by atoms with van der Waals surface area (Å²) in [5.41, 5.74) is 4.78. The van der Waals surface area contributed by atoms with Gasteiger partial charge in [-0.25, -0.2) is 0 Å². The van der Waals surface area contributed by atoms with Gasteiger partial charge < -0.3 is 20.5 Å². The molecule has 9 nitrogen and oxygen atoms in total. The van der Waals surface area contributed by atoms with E-state index in [0.29, 0.717) is 18.9 Å². The van der Waals surface area contributed by atoms with Crippen LogP contribution in [0.25, 0.3) is 17.2 Å². The summed E-state index contributed by atoms with van der Waals surface area (Å²) >= 11 is 0. The van der Waals surface area contributed by atoms with Gasteiger partial charge in [0.05, 0.1) is 12.2 Å². The van der Waals surface area contributed by atoms with Crippen molar-refractivity contribution in [2.75, 3.05) is 18.4 Å². The van der Waals surface area contributed by atoms with Crippen LogP contribution in [0, 0.1) is 10.8 Å². The van der Waals surface area contributed by atoms with E-state index in [9.17, 15) is 5.11 Å². The van der Waals surface area contributed by atoms with Gasteiger partial charge in [-0.05, 0) is 67.8 Å². The zero-order chi connectivity index (χ0) is 24.5. The van der Waals surface area contributed by atoms with Gasteiger partial charge >= 0.3 is 0 Å². The molecule has 4 rings (SSSR count). The molecule has 3 heterocycles. The van der Waals surface area contributed by atoms with Gasteiger partial charge in [0, 0.05) is 41.8 Å². The summed E-state index contributed by atoms with van der Waals surface area (Å²) in [6.07, 6.45) is 14.2. The number of rotatable bonds is 10. The quantitative estimate of drug-likeness (QED) is 0.173. The molecule has 0 aliphatic carbocycles. The van der Waals surface area contributed by atoms with Crippen molar-refractivity contribution in [3.05, 3.63) is 72.3 Å². The molecule has 2 aromatic heterocycles. The van der Waals surface area contributed by atoms with Gasteiger partial charge in [0.1, 0.15) is 6.23 Å². The van der Waals surface area contributed by atoms with Gasteiger partial charge in [0.2, 0.25) is 0 Å². The summed E-state index contributed by atoms with van der Waals surface area (Å²) in [6, 6.07) is 10.0. The molecule has 3 aromatic rings. The Kier molecular flexibility index (Phi) is 8.37. The van der Waals surface area contributed by atoms with Crippen LogP contribution in [0.15, 0.2) is 61.2 Å². The van der Waals surface area contributed by atoms with E-state index in [-0.39, 0.29) is 5.90 Å². The molecule has 9 heteroatoms. The number of nitrogens with one attached hydrogen (secondary N) is 4. The molecule has 35 heavy (non-hydrogen) atoms. The fraction of sp³-hybridized carbons (Fsp3) is 0.308. The number of piperidine rings is 1. The second-order valence-corrected chi connectivity index (χ2v) is 8.46. The van der Waals surface area contributed by atoms with Crippen LogP contribution in [0.3, 0.4) is 0 Å². The fourth-order valence-electron chi connectivity index (χ4n) is 4.12. The second kappa shape index (κ2) is 12.0. The van der Waals surface area contributed by atoms with Gasteiger partial charge in [-0.15, -0.1) is 0 Å². The molecule has 1 aliphatic heterocycles. The Labute approximate surface area is 204 Å². The predicted octanol–water partition coefficient (Wildman–Crippen LogP) is 3.85. The molecule has 0 saturated carbocycles. The van der Waals surface area contributed by atoms with Crippen molar-refractivity contribution in [1.29, 1.82) is 10.8 Å². The van der Waals surface area contributed by atoms with Crippen LogP contribution in [-0.2, 0) is 11.2 Å². The van der Waals surface area contributed by atoms with Gasteiger partial charge in [-0.2, -0.15) is 5.10 Å². The smallest absolute Gasteiger partial charge is 0.189 e. The van der Waals surface area contributed by atoms with Crippen molar-refractivity contribution in [1.82, 2.24) is 20.1 Å². The standard InChI is InChI=1S/C26H31N7O2/c27-18-35-25(28)7-3-19-1-5-22(6-2-19)32-26(34)8-4-20-15-30-14-11-24(20)21-16-31-33(17-21)23-9-12-29-13-10-23/h1-2,4-6,8,11,14-18,23,26-29,32,34H,3,7,9-10,12-13H2/b8-4+,27-18?,28-25?. The number of nitrogens with zero attached hydrogens (tertiary/aromatic N) is 3. The van der Waals surface area contributed by atoms with E-state index in [1.165, 1.54) is 0 Å². The Morgan fingerprint density at radius 3 is 2.80 bits per heavy atom. The number of aryl methyl sites for hydroxylation is 1. The average molecular weight is 474 g/mol. The lowest BCUT2D eigenvalue weighted by Gasteiger charge is -2.22. The molecule has 5 N–H and O–H groups in total. The van der Waals surface area contributed by atoms with Crippen LogP contribution in [0.4, 0.5) is 5.69 Å². The molecular weight excluding hydrogens is 442 g/mol. The summed E-state index contributed by atoms with van der Waals surface area (Å²) in [4.78, 5) is 4.26. The maximum Gasteiger partial charge on any atom is 0.189 e. The Morgan fingerprint density at radius 2 is 2.03 bits per heavy atom. The number of aliphatic hydroxyl groups is 1. The number of aromatic nitrogens is 3. The third-order valence-corrected chi connectivity index (χ3v) is 6.02. The molecule has 0 radical (unpaired) electrons. The topological polar surface area (TPSA) is 132 Å². The minimum atomic E-state index is -0.875. The number of benzene rings is 1. The normalized spacial score (nSPS) is 15.1. The van der Waals surface area contributed by atoms with Crippen molar-refractivity contribution in [2.45, 2.75) is 38.0 Å². The van der Waals surface area contributed by atoms with Gasteiger partial charge in [0.25, 0.3) is 0 Å². The average Bonchev–Trinajstić information content (AvgIpc) is 3.38. The molecule has 182 valence electrons. The SMILES string of the molecule is N=COC(=N)CCc1ccc(NC(O)/C=C/c2cnccc2-c2cnn(C3CCNCC3)c2)cc1. The largest absolute Gasteiger partial charge is 0.433 e. The van der Waals surface area contributed by atoms with Crippen LogP contribution >= 0.6 is 0 Å². The third-order valence-electron chi connectivity index (χ3n) is 6.02. The first-order valence-corrected chi connectivity index (χ1v) is 11.8. The van der Waals surface area contributed by atoms with E-state index in [0.717, 1.165) is 60.3 Å². The highest BCUT2D eigenvalue weighted by Crippen LogP contribution is 2.26. The highest BCUT2D eigenvalue weighted by Gasteiger charge is 2.16. The van der Waals surface area contributed by atoms with Crippen LogP contribution in [-0.4, -0.2) is 51.5 Å². The number of anilines is 1. The van der Waals surface area contributed by atoms with E-state index >= 15 is 0 Å². The molecular formula is C26H31N7O2. The van der Waals surface area contributed by atoms with Crippen LogP contribution < -0.4 is 10.6 Å². The monoisotopic (exact) mass is 473 g/mol. The highest BCUT2D eigenvalue weighted by atomic mass is 16.5. The summed E-state index contributed by atoms with van der Waals surface area (Å²) in [5.74, 6) is 0.0659. The number of hydrogen-bond acceptors (Lipinski definition) is 8. The van der Waals surface area contributed by atoms with Gasteiger partial charge in [-0.1, -0.05) is 18.2 Å². The molecule has 1 saturated heterocycles. The number of hydrogen-bond donors (Lipinski definition) is 5. The zero-order valence-corrected chi connectivity index (χ0v) is 19.5. The maximum atomic E-state index is 10.5. The molecule has 1 aliphatic rings. The molecule has 0 bridgehead atoms. The van der Waals surface area contributed by atoms with E-state index in [4.69, 9.17) is 15.6 Å². The second-order valence-electron chi connectivity index (χ2n) is 8.46. The van der Waals surface area contributed by atoms with E-state index in [1.807, 2.05) is 42.6 Å². The van der Waals surface area contributed by atoms with E-state index < -0.39 is 6.23 Å². The predicted molar refractivity (Wildman–Crippen MR) is 138 cm³/mol. The molecule has 0 spiro atoms. The van der Waals surface area contributed by atoms with E-state index in [2.05, 4.69) is 31.6 Å². The lowest BCUT2D eigenvalue weighted by molar-refractivity contribution is 0.253. The first-order chi connectivity index (χ1) is 17.1. The van der Waals surface area contributed by atoms with Crippen molar-refractivity contribution < 1.29 is 9.84 Å². The van der Waals surface area contributed by atoms with Crippen molar-refractivity contribution in [3.63, 3.8) is 0 Å². The fourth-order valence-corrected chi connectivity index (χ4v) is 4.12. The molecule has 1 atom stereocenters. The lowest BCUT2D eigenvalue weighted by atomic mass is 10.0. The summed E-state index contributed by atoms with van der Waals surface area (Å²) in [6.45, 7) is 2.03. The van der Waals surface area contributed by atoms with E-state index in [1.54, 1.807) is 18.5 Å². The summed E-state index contributed by atoms with van der Waals surface area (Å²) in [5, 5.41) is 36.0. The minimum Gasteiger partial charge on any atom is -0.433 e. The Balaban J connectivity index is 1.37. The maximum absolute atomic E-state index is 10.5. The van der Waals surface area contributed by atoms with Crippen molar-refractivity contribution >= 4 is 24.1 Å². The van der Waals surface area contributed by atoms with Crippen molar-refractivity contribution in [2.24, 2.45) is 0 Å².